The molecule has 1 saturated carbocycles. The fraction of sp³-hybridized carbons (Fsp3) is 0.833. The molecule has 0 saturated heterocycles. The summed E-state index contributed by atoms with van der Waals surface area (Å²) in [5.74, 6) is 0.0579. The van der Waals surface area contributed by atoms with Gasteiger partial charge < -0.3 is 10.6 Å². The summed E-state index contributed by atoms with van der Waals surface area (Å²) in [6.45, 7) is 0. The number of carbonyl (C=O) groups is 1. The zero-order chi connectivity index (χ0) is 7.07. The Morgan fingerprint density at radius 2 is 1.90 bits per heavy atom. The number of carbonyl (C=O) groups excluding carboxylic acids is 1. The molecule has 0 aliphatic heterocycles. The molecule has 1 amide bonds. The largest absolute Gasteiger partial charge is 0.347 e. The number of halogens is 1. The van der Waals surface area contributed by atoms with Crippen LogP contribution >= 0.6 is 12.4 Å². The maximum atomic E-state index is 11.0. The molecule has 1 rings (SSSR count). The molecule has 4 heteroatoms. The monoisotopic (exact) mass is 164 g/mol. The van der Waals surface area contributed by atoms with E-state index in [-0.39, 0.29) is 18.3 Å². The molecule has 0 aromatic rings. The predicted molar refractivity (Wildman–Crippen MR) is 42.1 cm³/mol. The Labute approximate surface area is 67.0 Å². The van der Waals surface area contributed by atoms with E-state index >= 15 is 0 Å². The maximum absolute atomic E-state index is 11.0. The first kappa shape index (κ1) is 9.72. The van der Waals surface area contributed by atoms with Crippen molar-refractivity contribution >= 4 is 18.3 Å². The average Bonchev–Trinajstić information content (AvgIpc) is 2.47. The number of nitrogens with two attached hydrogens (primary N) is 1. The second kappa shape index (κ2) is 2.76. The lowest BCUT2D eigenvalue weighted by Crippen LogP contribution is -2.41. The number of amides is 1. The Bertz CT molecular complexity index is 143. The highest BCUT2D eigenvalue weighted by molar-refractivity contribution is 5.88. The van der Waals surface area contributed by atoms with Gasteiger partial charge in [-0.2, -0.15) is 0 Å². The molecule has 1 aliphatic carbocycles. The van der Waals surface area contributed by atoms with E-state index in [0.717, 1.165) is 12.8 Å². The summed E-state index contributed by atoms with van der Waals surface area (Å²) in [7, 11) is 3.46. The van der Waals surface area contributed by atoms with Gasteiger partial charge in [-0.1, -0.05) is 0 Å². The third-order valence-corrected chi connectivity index (χ3v) is 1.62. The highest BCUT2D eigenvalue weighted by Crippen LogP contribution is 2.33. The van der Waals surface area contributed by atoms with Crippen molar-refractivity contribution in [3.05, 3.63) is 0 Å². The Morgan fingerprint density at radius 1 is 1.50 bits per heavy atom. The highest BCUT2D eigenvalue weighted by atomic mass is 35.5. The van der Waals surface area contributed by atoms with Crippen LogP contribution in [0.25, 0.3) is 0 Å². The van der Waals surface area contributed by atoms with Gasteiger partial charge in [-0.05, 0) is 12.8 Å². The quantitative estimate of drug-likeness (QED) is 0.593. The number of rotatable bonds is 1. The first-order chi connectivity index (χ1) is 4.06. The van der Waals surface area contributed by atoms with Gasteiger partial charge in [0.1, 0.15) is 0 Å². The lowest BCUT2D eigenvalue weighted by molar-refractivity contribution is -0.131. The van der Waals surface area contributed by atoms with E-state index in [0.29, 0.717) is 0 Å². The van der Waals surface area contributed by atoms with Crippen LogP contribution in [-0.2, 0) is 4.79 Å². The molecule has 2 N–H and O–H groups in total. The Balaban J connectivity index is 0.000000810. The maximum Gasteiger partial charge on any atom is 0.242 e. The molecule has 1 aliphatic rings. The van der Waals surface area contributed by atoms with Gasteiger partial charge in [0.15, 0.2) is 0 Å². The van der Waals surface area contributed by atoms with Crippen molar-refractivity contribution in [2.75, 3.05) is 14.1 Å². The van der Waals surface area contributed by atoms with E-state index in [4.69, 9.17) is 5.73 Å². The topological polar surface area (TPSA) is 46.3 Å². The minimum Gasteiger partial charge on any atom is -0.347 e. The summed E-state index contributed by atoms with van der Waals surface area (Å²) in [6.07, 6.45) is 1.70. The minimum absolute atomic E-state index is 0. The van der Waals surface area contributed by atoms with Gasteiger partial charge >= 0.3 is 0 Å². The Kier molecular flexibility index (Phi) is 2.68. The van der Waals surface area contributed by atoms with E-state index in [9.17, 15) is 4.79 Å². The molecule has 1 fully saturated rings. The van der Waals surface area contributed by atoms with Crippen LogP contribution in [0, 0.1) is 0 Å². The number of nitrogens with zero attached hydrogens (tertiary/aromatic N) is 1. The van der Waals surface area contributed by atoms with E-state index < -0.39 is 5.54 Å². The van der Waals surface area contributed by atoms with Gasteiger partial charge in [0.25, 0.3) is 0 Å². The van der Waals surface area contributed by atoms with Crippen molar-refractivity contribution in [1.82, 2.24) is 4.90 Å². The molecule has 0 aromatic carbocycles. The summed E-state index contributed by atoms with van der Waals surface area (Å²) in [6, 6.07) is 0. The van der Waals surface area contributed by atoms with Gasteiger partial charge in [0.2, 0.25) is 5.91 Å². The van der Waals surface area contributed by atoms with Crippen LogP contribution in [0.15, 0.2) is 0 Å². The number of hydrogen-bond donors (Lipinski definition) is 1. The smallest absolute Gasteiger partial charge is 0.242 e. The van der Waals surface area contributed by atoms with Crippen LogP contribution in [0.5, 0.6) is 0 Å². The van der Waals surface area contributed by atoms with Crippen LogP contribution in [-0.4, -0.2) is 30.4 Å². The molecule has 0 heterocycles. The molecule has 0 atom stereocenters. The SMILES string of the molecule is CN(C)C(=O)C1(N)CC1.Cl. The van der Waals surface area contributed by atoms with Crippen LogP contribution < -0.4 is 5.73 Å². The van der Waals surface area contributed by atoms with Crippen LogP contribution in [0.1, 0.15) is 12.8 Å². The standard InChI is InChI=1S/C6H12N2O.ClH/c1-8(2)5(9)6(7)3-4-6;/h3-4,7H2,1-2H3;1H. The van der Waals surface area contributed by atoms with Gasteiger partial charge in [-0.3, -0.25) is 4.79 Å². The zero-order valence-electron chi connectivity index (χ0n) is 6.26. The molecule has 10 heavy (non-hydrogen) atoms. The van der Waals surface area contributed by atoms with Crippen molar-refractivity contribution in [1.29, 1.82) is 0 Å². The van der Waals surface area contributed by atoms with E-state index in [2.05, 4.69) is 0 Å². The number of likely N-dealkylation sites (N-methyl/N-ethyl adjacent to an activating group) is 1. The molecule has 0 aromatic heterocycles. The molecular weight excluding hydrogens is 152 g/mol. The third kappa shape index (κ3) is 1.61. The minimum atomic E-state index is -0.483. The van der Waals surface area contributed by atoms with Crippen LogP contribution in [0.4, 0.5) is 0 Å². The third-order valence-electron chi connectivity index (χ3n) is 1.62. The normalized spacial score (nSPS) is 19.1. The molecule has 0 bridgehead atoms. The van der Waals surface area contributed by atoms with Crippen LogP contribution in [0.3, 0.4) is 0 Å². The van der Waals surface area contributed by atoms with E-state index in [1.54, 1.807) is 19.0 Å². The van der Waals surface area contributed by atoms with Gasteiger partial charge in [0.05, 0.1) is 5.54 Å². The second-order valence-corrected chi connectivity index (χ2v) is 2.86. The lowest BCUT2D eigenvalue weighted by Gasteiger charge is -2.14. The average molecular weight is 165 g/mol. The summed E-state index contributed by atoms with van der Waals surface area (Å²) in [5.41, 5.74) is 5.12. The Hall–Kier alpha value is -0.280. The van der Waals surface area contributed by atoms with E-state index in [1.807, 2.05) is 0 Å². The summed E-state index contributed by atoms with van der Waals surface area (Å²) in [4.78, 5) is 12.6. The van der Waals surface area contributed by atoms with Gasteiger partial charge in [-0.25, -0.2) is 0 Å². The van der Waals surface area contributed by atoms with Crippen molar-refractivity contribution < 1.29 is 4.79 Å². The first-order valence-corrected chi connectivity index (χ1v) is 3.07. The van der Waals surface area contributed by atoms with Crippen molar-refractivity contribution in [3.63, 3.8) is 0 Å². The molecular formula is C6H13ClN2O. The summed E-state index contributed by atoms with van der Waals surface area (Å²) < 4.78 is 0. The fourth-order valence-corrected chi connectivity index (χ4v) is 0.794. The van der Waals surface area contributed by atoms with Crippen molar-refractivity contribution in [2.45, 2.75) is 18.4 Å². The zero-order valence-corrected chi connectivity index (χ0v) is 7.07. The summed E-state index contributed by atoms with van der Waals surface area (Å²) >= 11 is 0. The van der Waals surface area contributed by atoms with Crippen molar-refractivity contribution in [3.8, 4) is 0 Å². The summed E-state index contributed by atoms with van der Waals surface area (Å²) in [5, 5.41) is 0. The molecule has 3 nitrogen and oxygen atoms in total. The Morgan fingerprint density at radius 3 is 2.00 bits per heavy atom. The molecule has 0 radical (unpaired) electrons. The fourth-order valence-electron chi connectivity index (χ4n) is 0.794. The lowest BCUT2D eigenvalue weighted by atomic mass is 10.2. The molecule has 60 valence electrons. The number of hydrogen-bond acceptors (Lipinski definition) is 2. The van der Waals surface area contributed by atoms with Crippen LogP contribution in [0.2, 0.25) is 0 Å². The van der Waals surface area contributed by atoms with Gasteiger partial charge in [-0.15, -0.1) is 12.4 Å². The van der Waals surface area contributed by atoms with Gasteiger partial charge in [0, 0.05) is 14.1 Å². The molecule has 0 unspecified atom stereocenters. The molecule has 0 spiro atoms. The second-order valence-electron chi connectivity index (χ2n) is 2.86. The van der Waals surface area contributed by atoms with E-state index in [1.165, 1.54) is 0 Å². The highest BCUT2D eigenvalue weighted by Gasteiger charge is 2.46. The first-order valence-electron chi connectivity index (χ1n) is 3.07. The van der Waals surface area contributed by atoms with Crippen molar-refractivity contribution in [2.24, 2.45) is 5.73 Å². The predicted octanol–water partition coefficient (Wildman–Crippen LogP) is -0.0123.